The van der Waals surface area contributed by atoms with E-state index in [9.17, 15) is 20.0 Å². The summed E-state index contributed by atoms with van der Waals surface area (Å²) in [6.07, 6.45) is 1.36. The van der Waals surface area contributed by atoms with E-state index in [1.807, 2.05) is 0 Å². The van der Waals surface area contributed by atoms with Crippen LogP contribution in [0.4, 0.5) is 5.69 Å². The lowest BCUT2D eigenvalue weighted by molar-refractivity contribution is -0.384. The Morgan fingerprint density at radius 2 is 1.78 bits per heavy atom. The molecule has 0 bridgehead atoms. The third-order valence-electron chi connectivity index (χ3n) is 4.26. The molecule has 9 nitrogen and oxygen atoms in total. The quantitative estimate of drug-likeness (QED) is 0.157. The van der Waals surface area contributed by atoms with Crippen LogP contribution in [0.2, 0.25) is 5.02 Å². The molecule has 0 spiro atoms. The number of thioether (sulfide) groups is 1. The normalized spacial score (nSPS) is 11.5. The van der Waals surface area contributed by atoms with Crippen molar-refractivity contribution in [2.24, 2.45) is 0 Å². The van der Waals surface area contributed by atoms with Crippen LogP contribution >= 0.6 is 23.4 Å². The first-order valence-electron chi connectivity index (χ1n) is 9.05. The molecule has 0 aliphatic rings. The molecule has 32 heavy (non-hydrogen) atoms. The Balaban J connectivity index is 1.53. The largest absolute Gasteiger partial charge is 0.477 e. The van der Waals surface area contributed by atoms with Crippen molar-refractivity contribution in [3.05, 3.63) is 86.5 Å². The summed E-state index contributed by atoms with van der Waals surface area (Å²) in [6.45, 7) is 0. The lowest BCUT2D eigenvalue weighted by Gasteiger charge is -1.99. The SMILES string of the molecule is O=C(O)/C(=C/c1ccc(-c2ccc([N+](=O)[O-])cc2)o1)Sc1n[nH]c(-c2ccc(Cl)cc2)n1. The molecule has 11 heteroatoms. The Bertz CT molecular complexity index is 1310. The molecule has 0 amide bonds. The molecule has 0 radical (unpaired) electrons. The summed E-state index contributed by atoms with van der Waals surface area (Å²) in [6, 6.07) is 16.1. The summed E-state index contributed by atoms with van der Waals surface area (Å²) in [5.74, 6) is 0.0639. The third-order valence-corrected chi connectivity index (χ3v) is 5.39. The summed E-state index contributed by atoms with van der Waals surface area (Å²) in [7, 11) is 0. The average Bonchev–Trinajstić information content (AvgIpc) is 3.44. The number of carboxylic acid groups (broad SMARTS) is 1. The van der Waals surface area contributed by atoms with Gasteiger partial charge >= 0.3 is 5.97 Å². The minimum Gasteiger partial charge on any atom is -0.477 e. The standard InChI is InChI=1S/C21H13ClN4O5S/c22-14-5-1-13(2-6-14)19-23-21(25-24-19)32-18(20(27)28)11-16-9-10-17(31-16)12-3-7-15(8-4-12)26(29)30/h1-11H,(H,27,28)(H,23,24,25)/b18-11-. The molecule has 2 aromatic heterocycles. The van der Waals surface area contributed by atoms with Crippen molar-refractivity contribution in [2.45, 2.75) is 5.16 Å². The maximum Gasteiger partial charge on any atom is 0.342 e. The van der Waals surface area contributed by atoms with Crippen molar-refractivity contribution >= 4 is 41.1 Å². The molecule has 2 heterocycles. The summed E-state index contributed by atoms with van der Waals surface area (Å²) in [4.78, 5) is 26.3. The van der Waals surface area contributed by atoms with Gasteiger partial charge in [-0.3, -0.25) is 15.2 Å². The molecule has 0 saturated heterocycles. The fraction of sp³-hybridized carbons (Fsp3) is 0. The molecule has 4 aromatic rings. The van der Waals surface area contributed by atoms with Gasteiger partial charge in [0, 0.05) is 34.4 Å². The summed E-state index contributed by atoms with van der Waals surface area (Å²) in [5, 5.41) is 28.0. The van der Waals surface area contributed by atoms with Gasteiger partial charge in [-0.2, -0.15) is 0 Å². The van der Waals surface area contributed by atoms with Gasteiger partial charge in [0.15, 0.2) is 5.82 Å². The van der Waals surface area contributed by atoms with Crippen LogP contribution < -0.4 is 0 Å². The Morgan fingerprint density at radius 3 is 2.44 bits per heavy atom. The van der Waals surface area contributed by atoms with Crippen molar-refractivity contribution in [1.29, 1.82) is 0 Å². The van der Waals surface area contributed by atoms with Crippen LogP contribution in [0.5, 0.6) is 0 Å². The molecule has 0 atom stereocenters. The number of rotatable bonds is 7. The molecule has 160 valence electrons. The van der Waals surface area contributed by atoms with Crippen LogP contribution in [0.3, 0.4) is 0 Å². The Hall–Kier alpha value is -3.89. The van der Waals surface area contributed by atoms with Gasteiger partial charge in [0.25, 0.3) is 5.69 Å². The van der Waals surface area contributed by atoms with Crippen LogP contribution in [0.25, 0.3) is 28.8 Å². The second kappa shape index (κ2) is 9.08. The van der Waals surface area contributed by atoms with Crippen LogP contribution in [0.15, 0.2) is 75.1 Å². The van der Waals surface area contributed by atoms with Gasteiger partial charge in [-0.15, -0.1) is 5.10 Å². The smallest absolute Gasteiger partial charge is 0.342 e. The predicted octanol–water partition coefficient (Wildman–Crippen LogP) is 5.51. The van der Waals surface area contributed by atoms with Gasteiger partial charge in [-0.05, 0) is 60.3 Å². The van der Waals surface area contributed by atoms with Crippen LogP contribution in [0, 0.1) is 10.1 Å². The van der Waals surface area contributed by atoms with E-state index >= 15 is 0 Å². The van der Waals surface area contributed by atoms with Gasteiger partial charge in [0.2, 0.25) is 5.16 Å². The maximum atomic E-state index is 11.7. The first-order valence-corrected chi connectivity index (χ1v) is 10.2. The predicted molar refractivity (Wildman–Crippen MR) is 119 cm³/mol. The molecule has 2 aromatic carbocycles. The first kappa shape index (κ1) is 21.3. The average molecular weight is 469 g/mol. The lowest BCUT2D eigenvalue weighted by Crippen LogP contribution is -1.97. The number of aromatic amines is 1. The van der Waals surface area contributed by atoms with Crippen molar-refractivity contribution in [1.82, 2.24) is 15.2 Å². The molecule has 0 aliphatic carbocycles. The van der Waals surface area contributed by atoms with E-state index in [2.05, 4.69) is 15.2 Å². The van der Waals surface area contributed by atoms with E-state index in [1.54, 1.807) is 48.5 Å². The zero-order valence-electron chi connectivity index (χ0n) is 16.1. The molecule has 2 N–H and O–H groups in total. The molecule has 0 fully saturated rings. The van der Waals surface area contributed by atoms with Gasteiger partial charge in [0.1, 0.15) is 16.4 Å². The van der Waals surface area contributed by atoms with E-state index in [-0.39, 0.29) is 15.7 Å². The van der Waals surface area contributed by atoms with Gasteiger partial charge < -0.3 is 9.52 Å². The molecular formula is C21H13ClN4O5S. The highest BCUT2D eigenvalue weighted by Crippen LogP contribution is 2.30. The second-order valence-corrected chi connectivity index (χ2v) is 7.84. The fourth-order valence-electron chi connectivity index (χ4n) is 2.72. The number of nitrogens with one attached hydrogen (secondary N) is 1. The second-order valence-electron chi connectivity index (χ2n) is 6.40. The minimum atomic E-state index is -1.17. The Kier molecular flexibility index (Phi) is 6.06. The molecule has 0 saturated carbocycles. The van der Waals surface area contributed by atoms with Crippen molar-refractivity contribution < 1.29 is 19.2 Å². The number of carboxylic acids is 1. The van der Waals surface area contributed by atoms with E-state index in [1.165, 1.54) is 18.2 Å². The third kappa shape index (κ3) is 4.88. The summed E-state index contributed by atoms with van der Waals surface area (Å²) >= 11 is 6.75. The minimum absolute atomic E-state index is 0.0329. The highest BCUT2D eigenvalue weighted by molar-refractivity contribution is 8.04. The number of benzene rings is 2. The van der Waals surface area contributed by atoms with Gasteiger partial charge in [-0.1, -0.05) is 11.6 Å². The van der Waals surface area contributed by atoms with Gasteiger partial charge in [0.05, 0.1) is 4.92 Å². The van der Waals surface area contributed by atoms with Crippen molar-refractivity contribution in [3.8, 4) is 22.7 Å². The first-order chi connectivity index (χ1) is 15.4. The Morgan fingerprint density at radius 1 is 1.09 bits per heavy atom. The van der Waals surface area contributed by atoms with Crippen molar-refractivity contribution in [2.75, 3.05) is 0 Å². The van der Waals surface area contributed by atoms with E-state index in [0.29, 0.717) is 27.9 Å². The number of aromatic nitrogens is 3. The van der Waals surface area contributed by atoms with E-state index < -0.39 is 10.9 Å². The number of nitrogens with zero attached hydrogens (tertiary/aromatic N) is 3. The topological polar surface area (TPSA) is 135 Å². The molecule has 0 aliphatic heterocycles. The van der Waals surface area contributed by atoms with E-state index in [0.717, 1.165) is 17.3 Å². The lowest BCUT2D eigenvalue weighted by atomic mass is 10.1. The highest BCUT2D eigenvalue weighted by atomic mass is 35.5. The zero-order chi connectivity index (χ0) is 22.7. The van der Waals surface area contributed by atoms with E-state index in [4.69, 9.17) is 16.0 Å². The Labute approximate surface area is 189 Å². The van der Waals surface area contributed by atoms with Crippen LogP contribution in [0.1, 0.15) is 5.76 Å². The number of H-pyrrole nitrogens is 1. The summed E-state index contributed by atoms with van der Waals surface area (Å²) in [5.41, 5.74) is 1.35. The molecule has 4 rings (SSSR count). The summed E-state index contributed by atoms with van der Waals surface area (Å²) < 4.78 is 5.69. The van der Waals surface area contributed by atoms with Gasteiger partial charge in [-0.25, -0.2) is 9.78 Å². The number of halogens is 1. The molecular weight excluding hydrogens is 456 g/mol. The number of aliphatic carboxylic acids is 1. The van der Waals surface area contributed by atoms with Crippen LogP contribution in [-0.4, -0.2) is 31.2 Å². The number of hydrogen-bond acceptors (Lipinski definition) is 7. The van der Waals surface area contributed by atoms with Crippen molar-refractivity contribution in [3.63, 3.8) is 0 Å². The number of nitro benzene ring substituents is 1. The monoisotopic (exact) mass is 468 g/mol. The fourth-order valence-corrected chi connectivity index (χ4v) is 3.54. The number of nitro groups is 1. The molecule has 0 unspecified atom stereocenters. The number of non-ortho nitro benzene ring substituents is 1. The number of hydrogen-bond donors (Lipinski definition) is 2. The number of furan rings is 1. The number of carbonyl (C=O) groups is 1. The zero-order valence-corrected chi connectivity index (χ0v) is 17.6. The highest BCUT2D eigenvalue weighted by Gasteiger charge is 2.16. The maximum absolute atomic E-state index is 11.7. The van der Waals surface area contributed by atoms with Crippen LogP contribution in [-0.2, 0) is 4.79 Å².